The summed E-state index contributed by atoms with van der Waals surface area (Å²) in [6.07, 6.45) is 1.53. The topological polar surface area (TPSA) is 84.5 Å². The molecule has 6 nitrogen and oxygen atoms in total. The van der Waals surface area contributed by atoms with E-state index in [2.05, 4.69) is 10.0 Å². The van der Waals surface area contributed by atoms with Crippen molar-refractivity contribution in [2.24, 2.45) is 0 Å². The van der Waals surface area contributed by atoms with Crippen molar-refractivity contribution in [3.05, 3.63) is 65.7 Å². The van der Waals surface area contributed by atoms with Crippen molar-refractivity contribution in [3.8, 4) is 0 Å². The number of hydrogen-bond donors (Lipinski definition) is 2. The summed E-state index contributed by atoms with van der Waals surface area (Å²) in [5, 5.41) is 2.85. The summed E-state index contributed by atoms with van der Waals surface area (Å²) in [5.74, 6) is -0.0520. The lowest BCUT2D eigenvalue weighted by molar-refractivity contribution is -0.122. The van der Waals surface area contributed by atoms with Gasteiger partial charge in [0.25, 0.3) is 0 Å². The fraction of sp³-hybridized carbons (Fsp3) is 0.381. The van der Waals surface area contributed by atoms with Gasteiger partial charge in [-0.05, 0) is 43.0 Å². The number of benzene rings is 2. The highest BCUT2D eigenvalue weighted by Gasteiger charge is 2.13. The van der Waals surface area contributed by atoms with Gasteiger partial charge in [-0.3, -0.25) is 4.79 Å². The number of carbonyl (C=O) groups is 1. The Labute approximate surface area is 167 Å². The summed E-state index contributed by atoms with van der Waals surface area (Å²) < 4.78 is 32.4. The quantitative estimate of drug-likeness (QED) is 0.602. The molecule has 0 heterocycles. The normalized spacial score (nSPS) is 12.5. The summed E-state index contributed by atoms with van der Waals surface area (Å²) >= 11 is 0. The van der Waals surface area contributed by atoms with Crippen LogP contribution in [-0.4, -0.2) is 40.6 Å². The summed E-state index contributed by atoms with van der Waals surface area (Å²) in [4.78, 5) is 12.1. The van der Waals surface area contributed by atoms with Crippen molar-refractivity contribution in [1.82, 2.24) is 10.0 Å². The van der Waals surface area contributed by atoms with E-state index in [-0.39, 0.29) is 16.8 Å². The molecule has 0 aliphatic rings. The Morgan fingerprint density at radius 1 is 1.00 bits per heavy atom. The van der Waals surface area contributed by atoms with Gasteiger partial charge < -0.3 is 10.1 Å². The van der Waals surface area contributed by atoms with E-state index in [9.17, 15) is 13.2 Å². The number of amides is 1. The van der Waals surface area contributed by atoms with Crippen LogP contribution < -0.4 is 10.0 Å². The highest BCUT2D eigenvalue weighted by atomic mass is 32.2. The molecule has 2 aromatic carbocycles. The third-order valence-electron chi connectivity index (χ3n) is 4.25. The van der Waals surface area contributed by atoms with Gasteiger partial charge in [0.1, 0.15) is 0 Å². The molecule has 0 fully saturated rings. The van der Waals surface area contributed by atoms with Crippen LogP contribution in [0.4, 0.5) is 0 Å². The molecule has 0 saturated carbocycles. The van der Waals surface area contributed by atoms with Crippen molar-refractivity contribution in [2.45, 2.75) is 37.1 Å². The van der Waals surface area contributed by atoms with Crippen LogP contribution in [0.5, 0.6) is 0 Å². The van der Waals surface area contributed by atoms with E-state index in [4.69, 9.17) is 4.74 Å². The summed E-state index contributed by atoms with van der Waals surface area (Å²) in [7, 11) is -1.95. The first kappa shape index (κ1) is 22.1. The van der Waals surface area contributed by atoms with E-state index < -0.39 is 10.0 Å². The van der Waals surface area contributed by atoms with E-state index in [1.165, 1.54) is 0 Å². The van der Waals surface area contributed by atoms with Gasteiger partial charge in [-0.2, -0.15) is 0 Å². The second kappa shape index (κ2) is 10.9. The molecule has 28 heavy (non-hydrogen) atoms. The van der Waals surface area contributed by atoms with E-state index >= 15 is 0 Å². The molecule has 2 rings (SSSR count). The molecular weight excluding hydrogens is 376 g/mol. The van der Waals surface area contributed by atoms with Gasteiger partial charge in [0.05, 0.1) is 11.5 Å². The van der Waals surface area contributed by atoms with Gasteiger partial charge >= 0.3 is 0 Å². The van der Waals surface area contributed by atoms with Crippen LogP contribution in [0.2, 0.25) is 0 Å². The molecule has 0 radical (unpaired) electrons. The molecule has 0 bridgehead atoms. The first-order valence-electron chi connectivity index (χ1n) is 9.31. The van der Waals surface area contributed by atoms with Gasteiger partial charge in [-0.15, -0.1) is 0 Å². The Bertz CT molecular complexity index is 836. The lowest BCUT2D eigenvalue weighted by atomic mass is 10.1. The average molecular weight is 405 g/mol. The largest absolute Gasteiger partial charge is 0.383 e. The summed E-state index contributed by atoms with van der Waals surface area (Å²) in [6.45, 7) is 2.69. The fourth-order valence-electron chi connectivity index (χ4n) is 2.79. The van der Waals surface area contributed by atoms with Crippen molar-refractivity contribution < 1.29 is 17.9 Å². The summed E-state index contributed by atoms with van der Waals surface area (Å²) in [6, 6.07) is 16.3. The van der Waals surface area contributed by atoms with Gasteiger partial charge in [0, 0.05) is 26.1 Å². The number of rotatable bonds is 11. The first-order valence-corrected chi connectivity index (χ1v) is 10.8. The zero-order chi connectivity index (χ0) is 20.4. The third-order valence-corrected chi connectivity index (χ3v) is 5.72. The minimum absolute atomic E-state index is 0.0352. The predicted octanol–water partition coefficient (Wildman–Crippen LogP) is 2.29. The Morgan fingerprint density at radius 2 is 1.64 bits per heavy atom. The lowest BCUT2D eigenvalue weighted by Crippen LogP contribution is -2.35. The Morgan fingerprint density at radius 3 is 2.29 bits per heavy atom. The maximum Gasteiger partial charge on any atom is 0.240 e. The summed E-state index contributed by atoms with van der Waals surface area (Å²) in [5.41, 5.74) is 2.00. The van der Waals surface area contributed by atoms with Crippen LogP contribution in [0.1, 0.15) is 24.5 Å². The van der Waals surface area contributed by atoms with Gasteiger partial charge in [0.2, 0.25) is 15.9 Å². The van der Waals surface area contributed by atoms with E-state index in [1.807, 2.05) is 37.3 Å². The maximum atomic E-state index is 12.4. The van der Waals surface area contributed by atoms with Crippen molar-refractivity contribution >= 4 is 15.9 Å². The number of methoxy groups -OCH3 is 1. The molecule has 0 saturated heterocycles. The van der Waals surface area contributed by atoms with Crippen molar-refractivity contribution in [1.29, 1.82) is 0 Å². The predicted molar refractivity (Wildman–Crippen MR) is 110 cm³/mol. The van der Waals surface area contributed by atoms with Crippen molar-refractivity contribution in [2.75, 3.05) is 20.3 Å². The Hall–Kier alpha value is -2.22. The Kier molecular flexibility index (Phi) is 8.63. The molecule has 2 aromatic rings. The van der Waals surface area contributed by atoms with E-state index in [0.717, 1.165) is 11.1 Å². The smallest absolute Gasteiger partial charge is 0.240 e. The highest BCUT2D eigenvalue weighted by Crippen LogP contribution is 2.12. The first-order chi connectivity index (χ1) is 13.4. The van der Waals surface area contributed by atoms with Crippen LogP contribution in [0.3, 0.4) is 0 Å². The second-order valence-electron chi connectivity index (χ2n) is 6.70. The fourth-order valence-corrected chi connectivity index (χ4v) is 3.82. The van der Waals surface area contributed by atoms with Crippen LogP contribution >= 0.6 is 0 Å². The molecule has 1 amide bonds. The number of aryl methyl sites for hydroxylation is 1. The molecule has 0 aliphatic heterocycles. The van der Waals surface area contributed by atoms with Gasteiger partial charge in [0.15, 0.2) is 0 Å². The molecule has 2 N–H and O–H groups in total. The van der Waals surface area contributed by atoms with Crippen LogP contribution in [0.15, 0.2) is 59.5 Å². The maximum absolute atomic E-state index is 12.4. The number of sulfonamides is 1. The van der Waals surface area contributed by atoms with E-state index in [0.29, 0.717) is 32.4 Å². The van der Waals surface area contributed by atoms with Gasteiger partial charge in [-0.25, -0.2) is 13.1 Å². The molecule has 0 spiro atoms. The molecule has 0 aromatic heterocycles. The minimum atomic E-state index is -3.54. The zero-order valence-electron chi connectivity index (χ0n) is 16.4. The third kappa shape index (κ3) is 7.42. The second-order valence-corrected chi connectivity index (χ2v) is 8.47. The standard InChI is InChI=1S/C21H28N2O4S/c1-17(16-27-2)23-21(24)13-10-19-8-11-20(12-9-19)28(25,26)22-15-14-18-6-4-3-5-7-18/h3-9,11-12,17,22H,10,13-16H2,1-2H3,(H,23,24)/t17-/m1/s1. The zero-order valence-corrected chi connectivity index (χ0v) is 17.2. The molecule has 1 atom stereocenters. The lowest BCUT2D eigenvalue weighted by Gasteiger charge is -2.12. The molecule has 152 valence electrons. The molecule has 0 aliphatic carbocycles. The molecule has 0 unspecified atom stereocenters. The molecule has 7 heteroatoms. The van der Waals surface area contributed by atoms with Crippen LogP contribution in [0, 0.1) is 0 Å². The van der Waals surface area contributed by atoms with Crippen LogP contribution in [0.25, 0.3) is 0 Å². The monoisotopic (exact) mass is 404 g/mol. The van der Waals surface area contributed by atoms with Gasteiger partial charge in [-0.1, -0.05) is 42.5 Å². The van der Waals surface area contributed by atoms with Crippen molar-refractivity contribution in [3.63, 3.8) is 0 Å². The van der Waals surface area contributed by atoms with Crippen LogP contribution in [-0.2, 0) is 32.4 Å². The SMILES string of the molecule is COC[C@@H](C)NC(=O)CCc1ccc(S(=O)(=O)NCCc2ccccc2)cc1. The number of hydrogen-bond acceptors (Lipinski definition) is 4. The Balaban J connectivity index is 1.82. The minimum Gasteiger partial charge on any atom is -0.383 e. The van der Waals surface area contributed by atoms with E-state index in [1.54, 1.807) is 31.4 Å². The number of carbonyl (C=O) groups excluding carboxylic acids is 1. The number of nitrogens with one attached hydrogen (secondary N) is 2. The number of ether oxygens (including phenoxy) is 1. The molecular formula is C21H28N2O4S. The average Bonchev–Trinajstić information content (AvgIpc) is 2.67. The highest BCUT2D eigenvalue weighted by molar-refractivity contribution is 7.89.